The molecule has 0 amide bonds. The minimum atomic E-state index is -0.442. The van der Waals surface area contributed by atoms with Crippen LogP contribution in [0.1, 0.15) is 40.0 Å². The Labute approximate surface area is 102 Å². The van der Waals surface area contributed by atoms with E-state index < -0.39 is 5.41 Å². The zero-order valence-corrected chi connectivity index (χ0v) is 10.7. The summed E-state index contributed by atoms with van der Waals surface area (Å²) in [5.74, 6) is 0.588. The van der Waals surface area contributed by atoms with Crippen molar-refractivity contribution in [1.82, 2.24) is 0 Å². The Morgan fingerprint density at radius 2 is 2.06 bits per heavy atom. The lowest BCUT2D eigenvalue weighted by Crippen LogP contribution is -2.26. The molecule has 0 unspecified atom stereocenters. The van der Waals surface area contributed by atoms with Gasteiger partial charge in [-0.1, -0.05) is 6.92 Å². The zero-order chi connectivity index (χ0) is 12.9. The van der Waals surface area contributed by atoms with Gasteiger partial charge >= 0.3 is 5.97 Å². The smallest absolute Gasteiger partial charge is 0.311 e. The SMILES string of the molecule is CCC(C)(C)C(=O)OCCOC1=CC(=O)CC1. The monoisotopic (exact) mass is 240 g/mol. The molecule has 0 fully saturated rings. The van der Waals surface area contributed by atoms with Crippen LogP contribution < -0.4 is 0 Å². The van der Waals surface area contributed by atoms with Crippen LogP contribution in [-0.2, 0) is 19.1 Å². The van der Waals surface area contributed by atoms with E-state index in [2.05, 4.69) is 0 Å². The van der Waals surface area contributed by atoms with E-state index in [1.54, 1.807) is 0 Å². The average Bonchev–Trinajstić information content (AvgIpc) is 2.70. The van der Waals surface area contributed by atoms with E-state index in [1.165, 1.54) is 6.08 Å². The van der Waals surface area contributed by atoms with Gasteiger partial charge in [-0.3, -0.25) is 9.59 Å². The molecule has 0 aromatic carbocycles. The number of hydrogen-bond acceptors (Lipinski definition) is 4. The normalized spacial score (nSPS) is 15.7. The highest BCUT2D eigenvalue weighted by Gasteiger charge is 2.26. The predicted octanol–water partition coefficient (Wildman–Crippen LogP) is 2.23. The minimum Gasteiger partial charge on any atom is -0.494 e. The van der Waals surface area contributed by atoms with Crippen molar-refractivity contribution >= 4 is 11.8 Å². The van der Waals surface area contributed by atoms with Gasteiger partial charge in [-0.2, -0.15) is 0 Å². The van der Waals surface area contributed by atoms with E-state index in [4.69, 9.17) is 9.47 Å². The van der Waals surface area contributed by atoms with Gasteiger partial charge in [0.1, 0.15) is 19.0 Å². The van der Waals surface area contributed by atoms with E-state index in [0.717, 1.165) is 6.42 Å². The Kier molecular flexibility index (Phi) is 4.73. The number of ether oxygens (including phenoxy) is 2. The molecule has 0 N–H and O–H groups in total. The molecule has 0 atom stereocenters. The molecular weight excluding hydrogens is 220 g/mol. The number of hydrogen-bond donors (Lipinski definition) is 0. The number of esters is 1. The van der Waals surface area contributed by atoms with Gasteiger partial charge in [0.2, 0.25) is 0 Å². The lowest BCUT2D eigenvalue weighted by molar-refractivity contribution is -0.155. The number of carbonyl (C=O) groups is 2. The first-order chi connectivity index (χ1) is 7.95. The fourth-order valence-corrected chi connectivity index (χ4v) is 1.33. The van der Waals surface area contributed by atoms with Crippen molar-refractivity contribution in [3.63, 3.8) is 0 Å². The molecule has 4 nitrogen and oxygen atoms in total. The zero-order valence-electron chi connectivity index (χ0n) is 10.7. The molecule has 96 valence electrons. The summed E-state index contributed by atoms with van der Waals surface area (Å²) in [6, 6.07) is 0. The van der Waals surface area contributed by atoms with Crippen LogP contribution in [0.15, 0.2) is 11.8 Å². The summed E-state index contributed by atoms with van der Waals surface area (Å²) in [7, 11) is 0. The van der Waals surface area contributed by atoms with Crippen LogP contribution in [0.2, 0.25) is 0 Å². The van der Waals surface area contributed by atoms with Crippen LogP contribution in [-0.4, -0.2) is 25.0 Å². The Balaban J connectivity index is 2.18. The average molecular weight is 240 g/mol. The van der Waals surface area contributed by atoms with Crippen molar-refractivity contribution in [2.24, 2.45) is 5.41 Å². The van der Waals surface area contributed by atoms with E-state index in [0.29, 0.717) is 25.2 Å². The minimum absolute atomic E-state index is 0.101. The van der Waals surface area contributed by atoms with Crippen LogP contribution >= 0.6 is 0 Å². The van der Waals surface area contributed by atoms with Crippen molar-refractivity contribution in [2.45, 2.75) is 40.0 Å². The molecule has 0 aliphatic heterocycles. The fourth-order valence-electron chi connectivity index (χ4n) is 1.33. The second-order valence-corrected chi connectivity index (χ2v) is 4.80. The third kappa shape index (κ3) is 4.21. The second kappa shape index (κ2) is 5.84. The maximum absolute atomic E-state index is 11.6. The quantitative estimate of drug-likeness (QED) is 0.527. The summed E-state index contributed by atoms with van der Waals surface area (Å²) >= 11 is 0. The van der Waals surface area contributed by atoms with Gasteiger partial charge in [0.15, 0.2) is 5.78 Å². The standard InChI is InChI=1S/C13H20O4/c1-4-13(2,3)12(15)17-8-7-16-11-6-5-10(14)9-11/h9H,4-8H2,1-3H3. The Hall–Kier alpha value is -1.32. The van der Waals surface area contributed by atoms with Crippen LogP contribution in [0.3, 0.4) is 0 Å². The first-order valence-corrected chi connectivity index (χ1v) is 5.99. The number of allylic oxidation sites excluding steroid dienone is 2. The van der Waals surface area contributed by atoms with Crippen molar-refractivity contribution in [3.8, 4) is 0 Å². The highest BCUT2D eigenvalue weighted by Crippen LogP contribution is 2.21. The molecule has 4 heteroatoms. The summed E-state index contributed by atoms with van der Waals surface area (Å²) in [6.45, 7) is 6.20. The maximum Gasteiger partial charge on any atom is 0.311 e. The molecule has 0 aromatic rings. The Bertz CT molecular complexity index is 328. The first-order valence-electron chi connectivity index (χ1n) is 5.99. The molecule has 1 aliphatic rings. The molecule has 0 aromatic heterocycles. The van der Waals surface area contributed by atoms with Crippen molar-refractivity contribution in [3.05, 3.63) is 11.8 Å². The molecule has 0 spiro atoms. The van der Waals surface area contributed by atoms with Gasteiger partial charge < -0.3 is 9.47 Å². The first kappa shape index (κ1) is 13.7. The number of ketones is 1. The highest BCUT2D eigenvalue weighted by atomic mass is 16.6. The number of rotatable bonds is 6. The molecule has 17 heavy (non-hydrogen) atoms. The van der Waals surface area contributed by atoms with E-state index in [-0.39, 0.29) is 18.4 Å². The third-order valence-electron chi connectivity index (χ3n) is 2.98. The second-order valence-electron chi connectivity index (χ2n) is 4.80. The van der Waals surface area contributed by atoms with Gasteiger partial charge in [-0.05, 0) is 20.3 Å². The van der Waals surface area contributed by atoms with Crippen LogP contribution in [0.25, 0.3) is 0 Å². The Morgan fingerprint density at radius 1 is 1.35 bits per heavy atom. The van der Waals surface area contributed by atoms with Gasteiger partial charge in [0.25, 0.3) is 0 Å². The van der Waals surface area contributed by atoms with Crippen LogP contribution in [0, 0.1) is 5.41 Å². The van der Waals surface area contributed by atoms with Gasteiger partial charge in [0.05, 0.1) is 5.41 Å². The summed E-state index contributed by atoms with van der Waals surface area (Å²) < 4.78 is 10.4. The van der Waals surface area contributed by atoms with Crippen LogP contribution in [0.4, 0.5) is 0 Å². The van der Waals surface area contributed by atoms with Gasteiger partial charge in [-0.25, -0.2) is 0 Å². The summed E-state index contributed by atoms with van der Waals surface area (Å²) in [4.78, 5) is 22.5. The van der Waals surface area contributed by atoms with E-state index in [9.17, 15) is 9.59 Å². The molecular formula is C13H20O4. The Morgan fingerprint density at radius 3 is 2.59 bits per heavy atom. The lowest BCUT2D eigenvalue weighted by Gasteiger charge is -2.20. The predicted molar refractivity (Wildman–Crippen MR) is 63.3 cm³/mol. The molecule has 0 saturated heterocycles. The van der Waals surface area contributed by atoms with Crippen molar-refractivity contribution in [2.75, 3.05) is 13.2 Å². The van der Waals surface area contributed by atoms with Crippen molar-refractivity contribution < 1.29 is 19.1 Å². The summed E-state index contributed by atoms with van der Waals surface area (Å²) in [5, 5.41) is 0. The fraction of sp³-hybridized carbons (Fsp3) is 0.692. The van der Waals surface area contributed by atoms with Crippen LogP contribution in [0.5, 0.6) is 0 Å². The van der Waals surface area contributed by atoms with Crippen molar-refractivity contribution in [1.29, 1.82) is 0 Å². The largest absolute Gasteiger partial charge is 0.494 e. The summed E-state index contributed by atoms with van der Waals surface area (Å²) in [6.07, 6.45) is 3.44. The molecule has 1 rings (SSSR count). The maximum atomic E-state index is 11.6. The van der Waals surface area contributed by atoms with Gasteiger partial charge in [0, 0.05) is 18.9 Å². The molecule has 1 aliphatic carbocycles. The molecule has 0 radical (unpaired) electrons. The molecule has 0 bridgehead atoms. The van der Waals surface area contributed by atoms with Gasteiger partial charge in [-0.15, -0.1) is 0 Å². The molecule has 0 saturated carbocycles. The lowest BCUT2D eigenvalue weighted by atomic mass is 9.91. The highest BCUT2D eigenvalue weighted by molar-refractivity contribution is 5.92. The third-order valence-corrected chi connectivity index (χ3v) is 2.98. The number of carbonyl (C=O) groups excluding carboxylic acids is 2. The van der Waals surface area contributed by atoms with E-state index in [1.807, 2.05) is 20.8 Å². The molecule has 0 heterocycles. The van der Waals surface area contributed by atoms with E-state index >= 15 is 0 Å². The topological polar surface area (TPSA) is 52.6 Å². The summed E-state index contributed by atoms with van der Waals surface area (Å²) in [5.41, 5.74) is -0.442.